The van der Waals surface area contributed by atoms with Gasteiger partial charge in [-0.25, -0.2) is 0 Å². The SMILES string of the molecule is CN1CCC[C@@H]1Cc1ccccc1. The van der Waals surface area contributed by atoms with Crippen LogP contribution in [0.1, 0.15) is 18.4 Å². The highest BCUT2D eigenvalue weighted by molar-refractivity contribution is 5.16. The second-order valence-electron chi connectivity index (χ2n) is 3.97. The molecule has 1 heterocycles. The number of likely N-dealkylation sites (tertiary alicyclic amines) is 1. The molecule has 1 saturated heterocycles. The van der Waals surface area contributed by atoms with E-state index in [4.69, 9.17) is 0 Å². The van der Waals surface area contributed by atoms with Gasteiger partial charge in [-0.3, -0.25) is 0 Å². The van der Waals surface area contributed by atoms with E-state index in [0.29, 0.717) is 0 Å². The summed E-state index contributed by atoms with van der Waals surface area (Å²) in [6, 6.07) is 11.6. The van der Waals surface area contributed by atoms with Crippen LogP contribution in [0.5, 0.6) is 0 Å². The molecular formula is C12H17N. The third kappa shape index (κ3) is 2.10. The summed E-state index contributed by atoms with van der Waals surface area (Å²) in [5, 5.41) is 0. The van der Waals surface area contributed by atoms with Crippen LogP contribution in [0, 0.1) is 0 Å². The summed E-state index contributed by atoms with van der Waals surface area (Å²) in [6.07, 6.45) is 3.96. The average molecular weight is 175 g/mol. The molecule has 2 rings (SSSR count). The van der Waals surface area contributed by atoms with Crippen molar-refractivity contribution in [3.05, 3.63) is 35.9 Å². The fourth-order valence-electron chi connectivity index (χ4n) is 2.12. The van der Waals surface area contributed by atoms with Gasteiger partial charge in [-0.05, 0) is 38.4 Å². The topological polar surface area (TPSA) is 3.24 Å². The number of hydrogen-bond donors (Lipinski definition) is 0. The maximum atomic E-state index is 2.48. The molecule has 0 aromatic heterocycles. The summed E-state index contributed by atoms with van der Waals surface area (Å²) in [4.78, 5) is 2.48. The van der Waals surface area contributed by atoms with Gasteiger partial charge in [0.2, 0.25) is 0 Å². The largest absolute Gasteiger partial charge is 0.303 e. The van der Waals surface area contributed by atoms with Crippen LogP contribution in [0.2, 0.25) is 0 Å². The Balaban J connectivity index is 1.98. The van der Waals surface area contributed by atoms with E-state index in [9.17, 15) is 0 Å². The van der Waals surface area contributed by atoms with Gasteiger partial charge in [0.1, 0.15) is 0 Å². The molecule has 1 aliphatic heterocycles. The first-order valence-corrected chi connectivity index (χ1v) is 5.10. The van der Waals surface area contributed by atoms with Crippen LogP contribution in [0.15, 0.2) is 30.3 Å². The lowest BCUT2D eigenvalue weighted by Gasteiger charge is -2.19. The highest BCUT2D eigenvalue weighted by Crippen LogP contribution is 2.18. The average Bonchev–Trinajstić information content (AvgIpc) is 2.54. The fraction of sp³-hybridized carbons (Fsp3) is 0.500. The zero-order valence-electron chi connectivity index (χ0n) is 8.24. The summed E-state index contributed by atoms with van der Waals surface area (Å²) in [5.74, 6) is 0. The van der Waals surface area contributed by atoms with E-state index in [1.54, 1.807) is 0 Å². The summed E-state index contributed by atoms with van der Waals surface area (Å²) in [7, 11) is 2.24. The number of nitrogens with zero attached hydrogens (tertiary/aromatic N) is 1. The van der Waals surface area contributed by atoms with Crippen LogP contribution < -0.4 is 0 Å². The molecule has 0 amide bonds. The molecule has 0 radical (unpaired) electrons. The Morgan fingerprint density at radius 1 is 1.31 bits per heavy atom. The molecule has 1 atom stereocenters. The Labute approximate surface area is 80.4 Å². The predicted octanol–water partition coefficient (Wildman–Crippen LogP) is 2.32. The second kappa shape index (κ2) is 3.93. The van der Waals surface area contributed by atoms with Crippen molar-refractivity contribution in [1.82, 2.24) is 4.90 Å². The van der Waals surface area contributed by atoms with E-state index in [0.717, 1.165) is 6.04 Å². The van der Waals surface area contributed by atoms with Gasteiger partial charge in [0.25, 0.3) is 0 Å². The molecule has 13 heavy (non-hydrogen) atoms. The molecule has 0 bridgehead atoms. The van der Waals surface area contributed by atoms with Gasteiger partial charge in [-0.15, -0.1) is 0 Å². The van der Waals surface area contributed by atoms with E-state index >= 15 is 0 Å². The highest BCUT2D eigenvalue weighted by Gasteiger charge is 2.20. The van der Waals surface area contributed by atoms with Gasteiger partial charge in [0.15, 0.2) is 0 Å². The first kappa shape index (κ1) is 8.76. The molecule has 0 N–H and O–H groups in total. The van der Waals surface area contributed by atoms with Gasteiger partial charge < -0.3 is 4.90 Å². The molecule has 1 aromatic carbocycles. The minimum absolute atomic E-state index is 0.780. The Bertz CT molecular complexity index is 255. The van der Waals surface area contributed by atoms with Crippen LogP contribution in [-0.4, -0.2) is 24.5 Å². The van der Waals surface area contributed by atoms with E-state index in [-0.39, 0.29) is 0 Å². The smallest absolute Gasteiger partial charge is 0.0133 e. The number of likely N-dealkylation sites (N-methyl/N-ethyl adjacent to an activating group) is 1. The van der Waals surface area contributed by atoms with E-state index in [1.165, 1.54) is 31.4 Å². The van der Waals surface area contributed by atoms with Crippen molar-refractivity contribution >= 4 is 0 Å². The Morgan fingerprint density at radius 3 is 2.69 bits per heavy atom. The van der Waals surface area contributed by atoms with Crippen LogP contribution in [0.4, 0.5) is 0 Å². The maximum absolute atomic E-state index is 2.48. The zero-order valence-corrected chi connectivity index (χ0v) is 8.24. The van der Waals surface area contributed by atoms with Gasteiger partial charge in [0.05, 0.1) is 0 Å². The molecule has 1 heteroatoms. The van der Waals surface area contributed by atoms with Crippen molar-refractivity contribution in [2.75, 3.05) is 13.6 Å². The van der Waals surface area contributed by atoms with Gasteiger partial charge in [0, 0.05) is 6.04 Å². The van der Waals surface area contributed by atoms with Crippen LogP contribution in [0.25, 0.3) is 0 Å². The van der Waals surface area contributed by atoms with Crippen molar-refractivity contribution in [2.24, 2.45) is 0 Å². The lowest BCUT2D eigenvalue weighted by atomic mass is 10.0. The highest BCUT2D eigenvalue weighted by atomic mass is 15.1. The summed E-state index contributed by atoms with van der Waals surface area (Å²) < 4.78 is 0. The third-order valence-corrected chi connectivity index (χ3v) is 2.99. The van der Waals surface area contributed by atoms with Gasteiger partial charge in [-0.1, -0.05) is 30.3 Å². The van der Waals surface area contributed by atoms with Crippen molar-refractivity contribution in [1.29, 1.82) is 0 Å². The molecule has 0 spiro atoms. The van der Waals surface area contributed by atoms with Crippen molar-refractivity contribution in [2.45, 2.75) is 25.3 Å². The number of rotatable bonds is 2. The number of hydrogen-bond acceptors (Lipinski definition) is 1. The zero-order chi connectivity index (χ0) is 9.10. The molecule has 1 aliphatic rings. The maximum Gasteiger partial charge on any atom is 0.0133 e. The van der Waals surface area contributed by atoms with Crippen molar-refractivity contribution in [3.8, 4) is 0 Å². The standard InChI is InChI=1S/C12H17N/c1-13-9-5-8-12(13)10-11-6-3-2-4-7-11/h2-4,6-7,12H,5,8-10H2,1H3/t12-/m1/s1. The van der Waals surface area contributed by atoms with Crippen molar-refractivity contribution < 1.29 is 0 Å². The first-order chi connectivity index (χ1) is 6.36. The van der Waals surface area contributed by atoms with Gasteiger partial charge >= 0.3 is 0 Å². The van der Waals surface area contributed by atoms with Gasteiger partial charge in [-0.2, -0.15) is 0 Å². The Morgan fingerprint density at radius 2 is 2.08 bits per heavy atom. The van der Waals surface area contributed by atoms with Crippen LogP contribution >= 0.6 is 0 Å². The monoisotopic (exact) mass is 175 g/mol. The third-order valence-electron chi connectivity index (χ3n) is 2.99. The molecule has 1 fully saturated rings. The normalized spacial score (nSPS) is 23.6. The van der Waals surface area contributed by atoms with Crippen molar-refractivity contribution in [3.63, 3.8) is 0 Å². The molecule has 1 nitrogen and oxygen atoms in total. The number of benzene rings is 1. The quantitative estimate of drug-likeness (QED) is 0.666. The van der Waals surface area contributed by atoms with E-state index in [1.807, 2.05) is 0 Å². The van der Waals surface area contributed by atoms with Crippen LogP contribution in [-0.2, 0) is 6.42 Å². The molecule has 0 unspecified atom stereocenters. The molecule has 1 aromatic rings. The lowest BCUT2D eigenvalue weighted by molar-refractivity contribution is 0.309. The summed E-state index contributed by atoms with van der Waals surface area (Å²) in [6.45, 7) is 1.28. The molecule has 0 aliphatic carbocycles. The Kier molecular flexibility index (Phi) is 2.65. The molecule has 70 valence electrons. The predicted molar refractivity (Wildman–Crippen MR) is 55.8 cm³/mol. The molecular weight excluding hydrogens is 158 g/mol. The molecule has 0 saturated carbocycles. The fourth-order valence-corrected chi connectivity index (χ4v) is 2.12. The summed E-state index contributed by atoms with van der Waals surface area (Å²) >= 11 is 0. The minimum Gasteiger partial charge on any atom is -0.303 e. The Hall–Kier alpha value is -0.820. The van der Waals surface area contributed by atoms with E-state index < -0.39 is 0 Å². The second-order valence-corrected chi connectivity index (χ2v) is 3.97. The summed E-state index contributed by atoms with van der Waals surface area (Å²) in [5.41, 5.74) is 1.47. The van der Waals surface area contributed by atoms with Crippen LogP contribution in [0.3, 0.4) is 0 Å². The first-order valence-electron chi connectivity index (χ1n) is 5.10. The minimum atomic E-state index is 0.780. The lowest BCUT2D eigenvalue weighted by Crippen LogP contribution is -2.26. The van der Waals surface area contributed by atoms with E-state index in [2.05, 4.69) is 42.3 Å².